The summed E-state index contributed by atoms with van der Waals surface area (Å²) in [5.74, 6) is 0.928. The molecule has 4 rings (SSSR count). The smallest absolute Gasteiger partial charge is 0.406 e. The summed E-state index contributed by atoms with van der Waals surface area (Å²) in [6.07, 6.45) is -3.88. The Balaban J connectivity index is 1.37. The summed E-state index contributed by atoms with van der Waals surface area (Å²) < 4.78 is 40.7. The van der Waals surface area contributed by atoms with E-state index in [9.17, 15) is 18.0 Å². The van der Waals surface area contributed by atoms with Crippen LogP contribution < -0.4 is 15.0 Å². The molecule has 3 aromatic rings. The van der Waals surface area contributed by atoms with Gasteiger partial charge in [-0.3, -0.25) is 4.79 Å². The highest BCUT2D eigenvalue weighted by molar-refractivity contribution is 5.90. The van der Waals surface area contributed by atoms with E-state index in [0.29, 0.717) is 24.6 Å². The highest BCUT2D eigenvalue weighted by Gasteiger charge is 2.31. The van der Waals surface area contributed by atoms with Crippen molar-refractivity contribution in [1.29, 1.82) is 0 Å². The van der Waals surface area contributed by atoms with Crippen LogP contribution in [0.25, 0.3) is 10.9 Å². The lowest BCUT2D eigenvalue weighted by molar-refractivity contribution is -0.274. The van der Waals surface area contributed by atoms with E-state index in [4.69, 9.17) is 0 Å². The fraction of sp³-hybridized carbons (Fsp3) is 0.348. The van der Waals surface area contributed by atoms with Gasteiger partial charge in [-0.05, 0) is 36.2 Å². The molecule has 1 fully saturated rings. The van der Waals surface area contributed by atoms with Crippen molar-refractivity contribution in [2.75, 3.05) is 37.4 Å². The van der Waals surface area contributed by atoms with Crippen LogP contribution in [0.4, 0.5) is 24.9 Å². The number of benzene rings is 2. The zero-order valence-corrected chi connectivity index (χ0v) is 18.3. The first-order chi connectivity index (χ1) is 15.7. The number of fused-ring (bicyclic) bond motifs is 1. The van der Waals surface area contributed by atoms with Gasteiger partial charge in [-0.1, -0.05) is 24.3 Å². The Kier molecular flexibility index (Phi) is 6.26. The second-order valence-corrected chi connectivity index (χ2v) is 8.12. The number of carbonyl (C=O) groups excluding carboxylic acids is 1. The van der Waals surface area contributed by atoms with Crippen LogP contribution in [0.2, 0.25) is 0 Å². The van der Waals surface area contributed by atoms with Crippen LogP contribution in [0.3, 0.4) is 0 Å². The largest absolute Gasteiger partial charge is 0.573 e. The number of hydrogen-bond acceptors (Lipinski definition) is 6. The molecule has 0 saturated carbocycles. The first-order valence-corrected chi connectivity index (χ1v) is 10.5. The molecule has 0 unspecified atom stereocenters. The maximum atomic E-state index is 12.7. The Hall–Kier alpha value is -3.56. The highest BCUT2D eigenvalue weighted by Crippen LogP contribution is 2.25. The van der Waals surface area contributed by atoms with Gasteiger partial charge >= 0.3 is 6.36 Å². The van der Waals surface area contributed by atoms with Crippen molar-refractivity contribution in [3.63, 3.8) is 0 Å². The van der Waals surface area contributed by atoms with Gasteiger partial charge in [0.25, 0.3) is 0 Å². The summed E-state index contributed by atoms with van der Waals surface area (Å²) in [4.78, 5) is 25.6. The van der Waals surface area contributed by atoms with E-state index in [1.54, 1.807) is 4.90 Å². The number of ether oxygens (including phenoxy) is 1. The molecule has 33 heavy (non-hydrogen) atoms. The van der Waals surface area contributed by atoms with E-state index in [-0.39, 0.29) is 24.1 Å². The zero-order valence-electron chi connectivity index (χ0n) is 18.3. The van der Waals surface area contributed by atoms with Gasteiger partial charge in [-0.15, -0.1) is 13.2 Å². The number of amides is 1. The number of anilines is 2. The predicted molar refractivity (Wildman–Crippen MR) is 119 cm³/mol. The summed E-state index contributed by atoms with van der Waals surface area (Å²) >= 11 is 0. The molecule has 0 radical (unpaired) electrons. The molecule has 0 spiro atoms. The van der Waals surface area contributed by atoms with Crippen LogP contribution in [-0.2, 0) is 11.2 Å². The van der Waals surface area contributed by atoms with Crippen molar-refractivity contribution in [3.05, 3.63) is 54.1 Å². The molecule has 7 nitrogen and oxygen atoms in total. The number of nitrogens with one attached hydrogen (secondary N) is 1. The average Bonchev–Trinajstić information content (AvgIpc) is 3.22. The standard InChI is InChI=1S/C23H24F3N5O2/c1-30(2)21-18-5-3-4-6-19(18)28-22(29-21)27-16-11-12-31(14-16)20(32)13-15-7-9-17(10-8-15)33-23(24,25)26/h3-10,16H,11-14H2,1-2H3,(H,27,28,29)/t16-/m0/s1. The summed E-state index contributed by atoms with van der Waals surface area (Å²) in [6.45, 7) is 1.08. The first kappa shape index (κ1) is 22.6. The molecule has 2 heterocycles. The van der Waals surface area contributed by atoms with E-state index < -0.39 is 6.36 Å². The molecule has 1 N–H and O–H groups in total. The first-order valence-electron chi connectivity index (χ1n) is 10.5. The van der Waals surface area contributed by atoms with E-state index in [1.165, 1.54) is 24.3 Å². The fourth-order valence-electron chi connectivity index (χ4n) is 3.85. The van der Waals surface area contributed by atoms with Gasteiger partial charge in [-0.2, -0.15) is 4.98 Å². The van der Waals surface area contributed by atoms with Gasteiger partial charge in [0.05, 0.1) is 11.9 Å². The number of halogens is 3. The molecule has 0 aliphatic carbocycles. The molecule has 1 atom stereocenters. The fourth-order valence-corrected chi connectivity index (χ4v) is 3.85. The van der Waals surface area contributed by atoms with E-state index in [0.717, 1.165) is 23.1 Å². The summed E-state index contributed by atoms with van der Waals surface area (Å²) in [5, 5.41) is 4.30. The van der Waals surface area contributed by atoms with Crippen molar-refractivity contribution < 1.29 is 22.7 Å². The highest BCUT2D eigenvalue weighted by atomic mass is 19.4. The van der Waals surface area contributed by atoms with Crippen molar-refractivity contribution in [3.8, 4) is 5.75 Å². The van der Waals surface area contributed by atoms with Crippen LogP contribution in [0.1, 0.15) is 12.0 Å². The Labute approximate surface area is 189 Å². The number of hydrogen-bond donors (Lipinski definition) is 1. The third-order valence-electron chi connectivity index (χ3n) is 5.39. The van der Waals surface area contributed by atoms with Crippen molar-refractivity contribution in [1.82, 2.24) is 14.9 Å². The summed E-state index contributed by atoms with van der Waals surface area (Å²) in [5.41, 5.74) is 1.46. The minimum absolute atomic E-state index is 0.00712. The van der Waals surface area contributed by atoms with E-state index in [2.05, 4.69) is 20.0 Å². The van der Waals surface area contributed by atoms with Crippen LogP contribution >= 0.6 is 0 Å². The van der Waals surface area contributed by atoms with Gasteiger partial charge in [0, 0.05) is 38.6 Å². The quantitative estimate of drug-likeness (QED) is 0.604. The molecular formula is C23H24F3N5O2. The second-order valence-electron chi connectivity index (χ2n) is 8.12. The third kappa shape index (κ3) is 5.63. The van der Waals surface area contributed by atoms with Crippen molar-refractivity contribution >= 4 is 28.6 Å². The molecule has 1 saturated heterocycles. The maximum Gasteiger partial charge on any atom is 0.573 e. The third-order valence-corrected chi connectivity index (χ3v) is 5.39. The molecule has 1 aromatic heterocycles. The minimum Gasteiger partial charge on any atom is -0.406 e. The Bertz CT molecular complexity index is 1140. The predicted octanol–water partition coefficient (Wildman–Crippen LogP) is 3.85. The number of para-hydroxylation sites is 1. The summed E-state index contributed by atoms with van der Waals surface area (Å²) in [6, 6.07) is 13.2. The van der Waals surface area contributed by atoms with Gasteiger partial charge in [0.2, 0.25) is 11.9 Å². The lowest BCUT2D eigenvalue weighted by Gasteiger charge is -2.19. The molecule has 174 valence electrons. The normalized spacial score (nSPS) is 16.2. The SMILES string of the molecule is CN(C)c1nc(N[C@H]2CCN(C(=O)Cc3ccc(OC(F)(F)F)cc3)C2)nc2ccccc12. The van der Waals surface area contributed by atoms with Crippen molar-refractivity contribution in [2.45, 2.75) is 25.2 Å². The lowest BCUT2D eigenvalue weighted by Crippen LogP contribution is -2.33. The maximum absolute atomic E-state index is 12.7. The number of likely N-dealkylation sites (tertiary alicyclic amines) is 1. The number of nitrogens with zero attached hydrogens (tertiary/aromatic N) is 4. The van der Waals surface area contributed by atoms with E-state index in [1.807, 2.05) is 43.3 Å². The Morgan fingerprint density at radius 2 is 1.88 bits per heavy atom. The summed E-state index contributed by atoms with van der Waals surface area (Å²) in [7, 11) is 3.85. The number of alkyl halides is 3. The van der Waals surface area contributed by atoms with Gasteiger partial charge < -0.3 is 19.9 Å². The number of rotatable bonds is 6. The Morgan fingerprint density at radius 1 is 1.15 bits per heavy atom. The number of carbonyl (C=O) groups is 1. The molecule has 10 heteroatoms. The topological polar surface area (TPSA) is 70.6 Å². The van der Waals surface area contributed by atoms with Crippen LogP contribution in [0.5, 0.6) is 5.75 Å². The molecular weight excluding hydrogens is 435 g/mol. The average molecular weight is 459 g/mol. The van der Waals surface area contributed by atoms with Crippen molar-refractivity contribution in [2.24, 2.45) is 0 Å². The van der Waals surface area contributed by atoms with Crippen LogP contribution in [-0.4, -0.2) is 60.4 Å². The molecule has 1 aliphatic rings. The molecule has 1 amide bonds. The number of aromatic nitrogens is 2. The Morgan fingerprint density at radius 3 is 2.58 bits per heavy atom. The second kappa shape index (κ2) is 9.13. The molecule has 0 bridgehead atoms. The monoisotopic (exact) mass is 459 g/mol. The van der Waals surface area contributed by atoms with E-state index >= 15 is 0 Å². The van der Waals surface area contributed by atoms with Gasteiger partial charge in [-0.25, -0.2) is 4.98 Å². The molecule has 1 aliphatic heterocycles. The molecule has 2 aromatic carbocycles. The van der Waals surface area contributed by atoms with Gasteiger partial charge in [0.1, 0.15) is 11.6 Å². The van der Waals surface area contributed by atoms with Crippen LogP contribution in [0, 0.1) is 0 Å². The van der Waals surface area contributed by atoms with Gasteiger partial charge in [0.15, 0.2) is 0 Å². The lowest BCUT2D eigenvalue weighted by atomic mass is 10.1. The van der Waals surface area contributed by atoms with Crippen LogP contribution in [0.15, 0.2) is 48.5 Å². The zero-order chi connectivity index (χ0) is 23.6. The minimum atomic E-state index is -4.74.